The number of carbonyl (C=O) groups is 2. The third kappa shape index (κ3) is 5.99. The molecule has 0 fully saturated rings. The van der Waals surface area contributed by atoms with Crippen LogP contribution in [-0.2, 0) is 17.5 Å². The van der Waals surface area contributed by atoms with Crippen molar-refractivity contribution in [3.05, 3.63) is 70.2 Å². The summed E-state index contributed by atoms with van der Waals surface area (Å²) >= 11 is 5.80. The lowest BCUT2D eigenvalue weighted by Gasteiger charge is -2.22. The second-order valence-corrected chi connectivity index (χ2v) is 7.05. The van der Waals surface area contributed by atoms with Crippen molar-refractivity contribution in [3.8, 4) is 0 Å². The number of nitrogens with one attached hydrogen (secondary N) is 2. The summed E-state index contributed by atoms with van der Waals surface area (Å²) in [5.41, 5.74) is -0.119. The van der Waals surface area contributed by atoms with E-state index in [1.54, 1.807) is 26.0 Å². The monoisotopic (exact) mass is 412 g/mol. The number of carbonyl (C=O) groups excluding carboxylic acids is 2. The van der Waals surface area contributed by atoms with Crippen molar-refractivity contribution in [1.29, 1.82) is 0 Å². The highest BCUT2D eigenvalue weighted by Gasteiger charge is 2.30. The van der Waals surface area contributed by atoms with Crippen molar-refractivity contribution in [2.75, 3.05) is 0 Å². The molecule has 2 N–H and O–H groups in total. The maximum Gasteiger partial charge on any atom is 0.416 e. The number of halogens is 4. The van der Waals surface area contributed by atoms with Gasteiger partial charge < -0.3 is 10.6 Å². The number of alkyl halides is 3. The number of hydrogen-bond acceptors (Lipinski definition) is 2. The molecule has 0 aliphatic rings. The van der Waals surface area contributed by atoms with Gasteiger partial charge in [-0.05, 0) is 47.9 Å². The van der Waals surface area contributed by atoms with Crippen LogP contribution in [0.25, 0.3) is 0 Å². The molecule has 8 heteroatoms. The van der Waals surface area contributed by atoms with Gasteiger partial charge in [0.05, 0.1) is 5.56 Å². The molecule has 4 nitrogen and oxygen atoms in total. The maximum atomic E-state index is 12.8. The fourth-order valence-corrected chi connectivity index (χ4v) is 2.64. The average molecular weight is 413 g/mol. The molecule has 0 heterocycles. The molecule has 1 unspecified atom stereocenters. The Morgan fingerprint density at radius 3 is 2.29 bits per heavy atom. The molecule has 1 atom stereocenters. The third-order valence-corrected chi connectivity index (χ3v) is 4.32. The van der Waals surface area contributed by atoms with E-state index >= 15 is 0 Å². The molecule has 0 aliphatic heterocycles. The topological polar surface area (TPSA) is 58.2 Å². The fourth-order valence-electron chi connectivity index (χ4n) is 2.52. The molecule has 28 heavy (non-hydrogen) atoms. The SMILES string of the molecule is CC(C)C(NC(=O)c1ccc(Cl)cc1)C(=O)NCc1cccc(C(F)(F)F)c1. The molecule has 0 bridgehead atoms. The van der Waals surface area contributed by atoms with Gasteiger partial charge in [-0.25, -0.2) is 0 Å². The summed E-state index contributed by atoms with van der Waals surface area (Å²) in [6.07, 6.45) is -4.45. The summed E-state index contributed by atoms with van der Waals surface area (Å²) in [4.78, 5) is 24.8. The summed E-state index contributed by atoms with van der Waals surface area (Å²) in [6, 6.07) is 10.1. The van der Waals surface area contributed by atoms with Gasteiger partial charge in [0.1, 0.15) is 6.04 Å². The van der Waals surface area contributed by atoms with Crippen molar-refractivity contribution in [3.63, 3.8) is 0 Å². The maximum absolute atomic E-state index is 12.8. The van der Waals surface area contributed by atoms with E-state index in [1.807, 2.05) is 0 Å². The predicted octanol–water partition coefficient (Wildman–Crippen LogP) is 4.43. The van der Waals surface area contributed by atoms with Crippen LogP contribution in [-0.4, -0.2) is 17.9 Å². The summed E-state index contributed by atoms with van der Waals surface area (Å²) in [5.74, 6) is -1.14. The number of benzene rings is 2. The van der Waals surface area contributed by atoms with E-state index in [-0.39, 0.29) is 12.5 Å². The molecule has 0 aliphatic carbocycles. The molecule has 0 spiro atoms. The lowest BCUT2D eigenvalue weighted by atomic mass is 10.0. The molecule has 2 rings (SSSR count). The highest BCUT2D eigenvalue weighted by molar-refractivity contribution is 6.30. The second-order valence-electron chi connectivity index (χ2n) is 6.62. The van der Waals surface area contributed by atoms with Crippen LogP contribution in [0.2, 0.25) is 5.02 Å². The molecule has 0 saturated carbocycles. The van der Waals surface area contributed by atoms with Crippen LogP contribution in [0.15, 0.2) is 48.5 Å². The van der Waals surface area contributed by atoms with Crippen LogP contribution in [0.5, 0.6) is 0 Å². The van der Waals surface area contributed by atoms with E-state index < -0.39 is 29.6 Å². The summed E-state index contributed by atoms with van der Waals surface area (Å²) < 4.78 is 38.4. The van der Waals surface area contributed by atoms with Gasteiger partial charge in [0.25, 0.3) is 5.91 Å². The average Bonchev–Trinajstić information content (AvgIpc) is 2.64. The summed E-state index contributed by atoms with van der Waals surface area (Å²) in [5, 5.41) is 5.71. The Balaban J connectivity index is 2.03. The number of amides is 2. The predicted molar refractivity (Wildman–Crippen MR) is 101 cm³/mol. The van der Waals surface area contributed by atoms with Gasteiger partial charge >= 0.3 is 6.18 Å². The van der Waals surface area contributed by atoms with Crippen molar-refractivity contribution in [2.24, 2.45) is 5.92 Å². The van der Waals surface area contributed by atoms with Crippen molar-refractivity contribution in [2.45, 2.75) is 32.6 Å². The van der Waals surface area contributed by atoms with Crippen molar-refractivity contribution < 1.29 is 22.8 Å². The van der Waals surface area contributed by atoms with E-state index in [0.29, 0.717) is 16.1 Å². The van der Waals surface area contributed by atoms with Crippen LogP contribution in [0.4, 0.5) is 13.2 Å². The minimum atomic E-state index is -4.45. The summed E-state index contributed by atoms with van der Waals surface area (Å²) in [6.45, 7) is 3.44. The van der Waals surface area contributed by atoms with Gasteiger partial charge in [-0.3, -0.25) is 9.59 Å². The van der Waals surface area contributed by atoms with E-state index in [2.05, 4.69) is 10.6 Å². The second kappa shape index (κ2) is 9.10. The first kappa shape index (κ1) is 21.8. The van der Waals surface area contributed by atoms with Crippen LogP contribution in [0.1, 0.15) is 35.3 Å². The Morgan fingerprint density at radius 2 is 1.71 bits per heavy atom. The highest BCUT2D eigenvalue weighted by Crippen LogP contribution is 2.29. The van der Waals surface area contributed by atoms with Gasteiger partial charge in [-0.15, -0.1) is 0 Å². The molecular weight excluding hydrogens is 393 g/mol. The Bertz CT molecular complexity index is 836. The van der Waals surface area contributed by atoms with E-state index in [4.69, 9.17) is 11.6 Å². The highest BCUT2D eigenvalue weighted by atomic mass is 35.5. The normalized spacial score (nSPS) is 12.5. The molecule has 0 radical (unpaired) electrons. The molecule has 0 aromatic heterocycles. The van der Waals surface area contributed by atoms with Gasteiger partial charge in [0.15, 0.2) is 0 Å². The van der Waals surface area contributed by atoms with Gasteiger partial charge in [0.2, 0.25) is 5.91 Å². The van der Waals surface area contributed by atoms with Gasteiger partial charge in [-0.1, -0.05) is 37.6 Å². The lowest BCUT2D eigenvalue weighted by Crippen LogP contribution is -2.49. The molecule has 2 aromatic rings. The quantitative estimate of drug-likeness (QED) is 0.737. The molecule has 2 amide bonds. The largest absolute Gasteiger partial charge is 0.416 e. The minimum Gasteiger partial charge on any atom is -0.350 e. The fraction of sp³-hybridized carbons (Fsp3) is 0.300. The Kier molecular flexibility index (Phi) is 7.07. The standard InChI is InChI=1S/C20H20ClF3N2O2/c1-12(2)17(26-18(27)14-6-8-16(21)9-7-14)19(28)25-11-13-4-3-5-15(10-13)20(22,23)24/h3-10,12,17H,11H2,1-2H3,(H,25,28)(H,26,27). The number of rotatable bonds is 6. The number of hydrogen-bond donors (Lipinski definition) is 2. The third-order valence-electron chi connectivity index (χ3n) is 4.06. The first-order chi connectivity index (χ1) is 13.1. The molecule has 150 valence electrons. The minimum absolute atomic E-state index is 0.0806. The molecule has 0 saturated heterocycles. The molecule has 2 aromatic carbocycles. The lowest BCUT2D eigenvalue weighted by molar-refractivity contribution is -0.137. The van der Waals surface area contributed by atoms with Crippen molar-refractivity contribution >= 4 is 23.4 Å². The van der Waals surface area contributed by atoms with Gasteiger partial charge in [-0.2, -0.15) is 13.2 Å². The zero-order valence-corrected chi connectivity index (χ0v) is 16.1. The smallest absolute Gasteiger partial charge is 0.350 e. The zero-order chi connectivity index (χ0) is 20.9. The van der Waals surface area contributed by atoms with E-state index in [0.717, 1.165) is 12.1 Å². The Morgan fingerprint density at radius 1 is 1.07 bits per heavy atom. The van der Waals surface area contributed by atoms with Crippen LogP contribution in [0, 0.1) is 5.92 Å². The van der Waals surface area contributed by atoms with Gasteiger partial charge in [0, 0.05) is 17.1 Å². The zero-order valence-electron chi connectivity index (χ0n) is 15.3. The van der Waals surface area contributed by atoms with Crippen LogP contribution < -0.4 is 10.6 Å². The first-order valence-electron chi connectivity index (χ1n) is 8.58. The van der Waals surface area contributed by atoms with E-state index in [1.165, 1.54) is 24.3 Å². The van der Waals surface area contributed by atoms with Crippen LogP contribution >= 0.6 is 11.6 Å². The Labute approximate surface area is 166 Å². The van der Waals surface area contributed by atoms with Crippen molar-refractivity contribution in [1.82, 2.24) is 10.6 Å². The Hall–Kier alpha value is -2.54. The van der Waals surface area contributed by atoms with E-state index in [9.17, 15) is 22.8 Å². The van der Waals surface area contributed by atoms with Crippen LogP contribution in [0.3, 0.4) is 0 Å². The molecular formula is C20H20ClF3N2O2. The first-order valence-corrected chi connectivity index (χ1v) is 8.96. The summed E-state index contributed by atoms with van der Waals surface area (Å²) in [7, 11) is 0.